The molecule has 4 rings (SSSR count). The van der Waals surface area contributed by atoms with E-state index in [0.29, 0.717) is 0 Å². The van der Waals surface area contributed by atoms with Gasteiger partial charge < -0.3 is 0 Å². The van der Waals surface area contributed by atoms with Crippen molar-refractivity contribution >= 4 is 29.3 Å². The molecule has 1 aromatic rings. The minimum absolute atomic E-state index is 0.00153. The number of rotatable bonds is 2. The van der Waals surface area contributed by atoms with E-state index in [9.17, 15) is 9.59 Å². The van der Waals surface area contributed by atoms with Crippen LogP contribution in [-0.4, -0.2) is 18.1 Å². The first kappa shape index (κ1) is 12.2. The zero-order chi connectivity index (χ0) is 13.9. The molecule has 0 radical (unpaired) electrons. The monoisotopic (exact) mass is 285 g/mol. The van der Waals surface area contributed by atoms with Crippen molar-refractivity contribution in [3.05, 3.63) is 36.4 Å². The standard InChI is InChI=1S/C16H15NO2S/c1-20-12-5-3-2-4-11(12)17-15(18)13-9-6-7-10(8-9)14(13)16(17)19/h2-7,9-10,13-14H,8H2,1H3. The van der Waals surface area contributed by atoms with E-state index in [1.807, 2.05) is 30.5 Å². The number of amides is 2. The van der Waals surface area contributed by atoms with E-state index in [1.165, 1.54) is 4.90 Å². The van der Waals surface area contributed by atoms with E-state index < -0.39 is 0 Å². The number of carbonyl (C=O) groups excluding carboxylic acids is 2. The molecule has 0 aromatic heterocycles. The average molecular weight is 285 g/mol. The molecule has 20 heavy (non-hydrogen) atoms. The Bertz CT molecular complexity index is 609. The number of benzene rings is 1. The van der Waals surface area contributed by atoms with Gasteiger partial charge in [-0.15, -0.1) is 11.8 Å². The number of carbonyl (C=O) groups is 2. The number of anilines is 1. The van der Waals surface area contributed by atoms with Crippen molar-refractivity contribution in [3.8, 4) is 0 Å². The Morgan fingerprint density at radius 2 is 1.65 bits per heavy atom. The summed E-state index contributed by atoms with van der Waals surface area (Å²) in [7, 11) is 0. The fourth-order valence-corrected chi connectivity index (χ4v) is 4.54. The molecule has 1 saturated heterocycles. The molecular weight excluding hydrogens is 270 g/mol. The van der Waals surface area contributed by atoms with Crippen LogP contribution in [-0.2, 0) is 9.59 Å². The third-order valence-corrected chi connectivity index (χ3v) is 5.58. The minimum Gasteiger partial charge on any atom is -0.274 e. The lowest BCUT2D eigenvalue weighted by molar-refractivity contribution is -0.123. The van der Waals surface area contributed by atoms with Crippen molar-refractivity contribution in [1.29, 1.82) is 0 Å². The van der Waals surface area contributed by atoms with Crippen LogP contribution in [0.5, 0.6) is 0 Å². The molecule has 3 aliphatic rings. The summed E-state index contributed by atoms with van der Waals surface area (Å²) in [5.74, 6) is 0.303. The molecule has 2 fully saturated rings. The molecule has 2 bridgehead atoms. The highest BCUT2D eigenvalue weighted by Crippen LogP contribution is 2.53. The zero-order valence-electron chi connectivity index (χ0n) is 11.2. The lowest BCUT2D eigenvalue weighted by Crippen LogP contribution is -2.33. The highest BCUT2D eigenvalue weighted by atomic mass is 32.2. The topological polar surface area (TPSA) is 37.4 Å². The van der Waals surface area contributed by atoms with Gasteiger partial charge in [-0.05, 0) is 36.6 Å². The Morgan fingerprint density at radius 1 is 1.05 bits per heavy atom. The maximum Gasteiger partial charge on any atom is 0.238 e. The second-order valence-electron chi connectivity index (χ2n) is 5.68. The van der Waals surface area contributed by atoms with Crippen LogP contribution in [0.2, 0.25) is 0 Å². The van der Waals surface area contributed by atoms with Crippen molar-refractivity contribution in [1.82, 2.24) is 0 Å². The second-order valence-corrected chi connectivity index (χ2v) is 6.53. The summed E-state index contributed by atoms with van der Waals surface area (Å²) in [6.07, 6.45) is 7.20. The minimum atomic E-state index is -0.118. The summed E-state index contributed by atoms with van der Waals surface area (Å²) in [4.78, 5) is 27.9. The lowest BCUT2D eigenvalue weighted by atomic mass is 9.85. The van der Waals surface area contributed by atoms with Crippen molar-refractivity contribution in [2.45, 2.75) is 11.3 Å². The molecule has 1 heterocycles. The van der Waals surface area contributed by atoms with Crippen LogP contribution in [0.4, 0.5) is 5.69 Å². The van der Waals surface area contributed by atoms with Gasteiger partial charge in [0.2, 0.25) is 11.8 Å². The molecule has 4 heteroatoms. The van der Waals surface area contributed by atoms with Crippen molar-refractivity contribution in [2.75, 3.05) is 11.2 Å². The molecule has 102 valence electrons. The zero-order valence-corrected chi connectivity index (χ0v) is 12.0. The fraction of sp³-hybridized carbons (Fsp3) is 0.375. The summed E-state index contributed by atoms with van der Waals surface area (Å²) >= 11 is 1.57. The molecule has 1 aliphatic heterocycles. The van der Waals surface area contributed by atoms with Crippen LogP contribution in [0.15, 0.2) is 41.3 Å². The van der Waals surface area contributed by atoms with Gasteiger partial charge in [0.25, 0.3) is 0 Å². The van der Waals surface area contributed by atoms with Gasteiger partial charge in [-0.3, -0.25) is 9.59 Å². The Kier molecular flexibility index (Phi) is 2.58. The van der Waals surface area contributed by atoms with Crippen LogP contribution in [0.25, 0.3) is 0 Å². The Hall–Kier alpha value is -1.55. The van der Waals surface area contributed by atoms with Gasteiger partial charge in [0, 0.05) is 4.90 Å². The summed E-state index contributed by atoms with van der Waals surface area (Å²) in [5, 5.41) is 0. The van der Waals surface area contributed by atoms with Gasteiger partial charge >= 0.3 is 0 Å². The van der Waals surface area contributed by atoms with Crippen LogP contribution < -0.4 is 4.90 Å². The maximum absolute atomic E-state index is 12.7. The highest BCUT2D eigenvalue weighted by molar-refractivity contribution is 7.98. The van der Waals surface area contributed by atoms with Gasteiger partial charge in [0.1, 0.15) is 0 Å². The molecule has 0 spiro atoms. The number of imide groups is 1. The SMILES string of the molecule is CSc1ccccc1N1C(=O)C2C3C=CC(C3)C2C1=O. The first-order valence-electron chi connectivity index (χ1n) is 6.91. The van der Waals surface area contributed by atoms with E-state index in [1.54, 1.807) is 11.8 Å². The predicted octanol–water partition coefficient (Wildman–Crippen LogP) is 2.72. The number of hydrogen-bond acceptors (Lipinski definition) is 3. The van der Waals surface area contributed by atoms with Crippen LogP contribution >= 0.6 is 11.8 Å². The summed E-state index contributed by atoms with van der Waals surface area (Å²) in [6, 6.07) is 7.66. The van der Waals surface area contributed by atoms with Crippen LogP contribution in [0, 0.1) is 23.7 Å². The third kappa shape index (κ3) is 1.43. The van der Waals surface area contributed by atoms with Gasteiger partial charge in [-0.1, -0.05) is 24.3 Å². The van der Waals surface area contributed by atoms with Crippen LogP contribution in [0.3, 0.4) is 0 Å². The molecule has 0 N–H and O–H groups in total. The number of nitrogens with zero attached hydrogens (tertiary/aromatic N) is 1. The third-order valence-electron chi connectivity index (χ3n) is 4.80. The molecule has 2 amide bonds. The van der Waals surface area contributed by atoms with E-state index >= 15 is 0 Å². The van der Waals surface area contributed by atoms with Gasteiger partial charge in [-0.25, -0.2) is 4.90 Å². The molecule has 2 aliphatic carbocycles. The van der Waals surface area contributed by atoms with Crippen LogP contribution in [0.1, 0.15) is 6.42 Å². The summed E-state index contributed by atoms with van der Waals surface area (Å²) in [5.41, 5.74) is 0.754. The van der Waals surface area contributed by atoms with Crippen molar-refractivity contribution in [2.24, 2.45) is 23.7 Å². The largest absolute Gasteiger partial charge is 0.274 e. The molecule has 4 unspecified atom stereocenters. The quantitative estimate of drug-likeness (QED) is 0.476. The number of para-hydroxylation sites is 1. The smallest absolute Gasteiger partial charge is 0.238 e. The second kappa shape index (κ2) is 4.22. The predicted molar refractivity (Wildman–Crippen MR) is 78.4 cm³/mol. The van der Waals surface area contributed by atoms with Gasteiger partial charge in [0.15, 0.2) is 0 Å². The first-order valence-corrected chi connectivity index (χ1v) is 8.14. The summed E-state index contributed by atoms with van der Waals surface area (Å²) < 4.78 is 0. The first-order chi connectivity index (χ1) is 9.72. The molecular formula is C16H15NO2S. The number of fused-ring (bicyclic) bond motifs is 5. The molecule has 3 nitrogen and oxygen atoms in total. The molecule has 1 saturated carbocycles. The number of hydrogen-bond donors (Lipinski definition) is 0. The van der Waals surface area contributed by atoms with Crippen molar-refractivity contribution < 1.29 is 9.59 Å². The Labute approximate surface area is 122 Å². The number of thioether (sulfide) groups is 1. The summed E-state index contributed by atoms with van der Waals surface area (Å²) in [6.45, 7) is 0. The molecule has 1 aromatic carbocycles. The Balaban J connectivity index is 1.78. The fourth-order valence-electron chi connectivity index (χ4n) is 3.95. The van der Waals surface area contributed by atoms with E-state index in [4.69, 9.17) is 0 Å². The van der Waals surface area contributed by atoms with E-state index in [2.05, 4.69) is 12.2 Å². The van der Waals surface area contributed by atoms with E-state index in [-0.39, 0.29) is 35.5 Å². The van der Waals surface area contributed by atoms with Gasteiger partial charge in [0.05, 0.1) is 17.5 Å². The number of allylic oxidation sites excluding steroid dienone is 2. The van der Waals surface area contributed by atoms with Gasteiger partial charge in [-0.2, -0.15) is 0 Å². The van der Waals surface area contributed by atoms with E-state index in [0.717, 1.165) is 17.0 Å². The lowest BCUT2D eigenvalue weighted by Gasteiger charge is -2.19. The molecule has 4 atom stereocenters. The normalized spacial score (nSPS) is 34.1. The Morgan fingerprint density at radius 3 is 2.25 bits per heavy atom. The highest BCUT2D eigenvalue weighted by Gasteiger charge is 2.59. The van der Waals surface area contributed by atoms with Crippen molar-refractivity contribution in [3.63, 3.8) is 0 Å². The maximum atomic E-state index is 12.7. The average Bonchev–Trinajstić information content (AvgIpc) is 3.13.